The van der Waals surface area contributed by atoms with E-state index in [-0.39, 0.29) is 18.4 Å². The molecule has 1 aromatic carbocycles. The molecule has 0 bridgehead atoms. The van der Waals surface area contributed by atoms with Crippen molar-refractivity contribution in [2.45, 2.75) is 12.5 Å². The Morgan fingerprint density at radius 1 is 1.14 bits per heavy atom. The molecule has 4 N–H and O–H groups in total. The Morgan fingerprint density at radius 2 is 1.64 bits per heavy atom. The number of hydrogen-bond acceptors (Lipinski definition) is 2. The Morgan fingerprint density at radius 3 is 2.07 bits per heavy atom. The van der Waals surface area contributed by atoms with Gasteiger partial charge in [0.15, 0.2) is 0 Å². The van der Waals surface area contributed by atoms with Crippen molar-refractivity contribution in [2.75, 3.05) is 6.54 Å². The van der Waals surface area contributed by atoms with Crippen LogP contribution in [0.3, 0.4) is 0 Å². The summed E-state index contributed by atoms with van der Waals surface area (Å²) in [5.74, 6) is 0. The van der Waals surface area contributed by atoms with Gasteiger partial charge in [0.2, 0.25) is 0 Å². The Bertz CT molecular complexity index is 274. The molecule has 2 nitrogen and oxygen atoms in total. The number of benzene rings is 1. The molecule has 1 atom stereocenters. The molecule has 0 amide bonds. The van der Waals surface area contributed by atoms with Crippen LogP contribution >= 0.6 is 44.3 Å². The zero-order valence-corrected chi connectivity index (χ0v) is 11.5. The van der Waals surface area contributed by atoms with Crippen molar-refractivity contribution in [1.29, 1.82) is 0 Å². The zero-order chi connectivity index (χ0) is 9.84. The monoisotopic (exact) mass is 342 g/mol. The van der Waals surface area contributed by atoms with Gasteiger partial charge in [0.25, 0.3) is 0 Å². The van der Waals surface area contributed by atoms with E-state index < -0.39 is 0 Å². The summed E-state index contributed by atoms with van der Waals surface area (Å²) in [5, 5.41) is 0. The molecule has 5 heteroatoms. The van der Waals surface area contributed by atoms with Crippen LogP contribution in [0.4, 0.5) is 0 Å². The lowest BCUT2D eigenvalue weighted by Crippen LogP contribution is -2.15. The first kappa shape index (κ1) is 14.4. The number of hydrogen-bond donors (Lipinski definition) is 2. The second-order valence-corrected chi connectivity index (χ2v) is 4.72. The molecule has 0 saturated heterocycles. The summed E-state index contributed by atoms with van der Waals surface area (Å²) >= 11 is 6.83. The van der Waals surface area contributed by atoms with E-state index in [1.807, 2.05) is 18.2 Å². The quantitative estimate of drug-likeness (QED) is 0.886. The van der Waals surface area contributed by atoms with Crippen LogP contribution in [0, 0.1) is 0 Å². The van der Waals surface area contributed by atoms with Crippen LogP contribution < -0.4 is 11.5 Å². The van der Waals surface area contributed by atoms with Crippen LogP contribution in [0.5, 0.6) is 0 Å². The van der Waals surface area contributed by atoms with E-state index in [1.165, 1.54) is 0 Å². The van der Waals surface area contributed by atoms with Crippen LogP contribution in [0.1, 0.15) is 18.0 Å². The topological polar surface area (TPSA) is 52.0 Å². The van der Waals surface area contributed by atoms with Crippen molar-refractivity contribution in [3.05, 3.63) is 32.7 Å². The third kappa shape index (κ3) is 4.28. The Labute approximate surface area is 107 Å². The maximum atomic E-state index is 5.92. The molecular formula is C9H13Br2ClN2. The van der Waals surface area contributed by atoms with Gasteiger partial charge in [-0.25, -0.2) is 0 Å². The average molecular weight is 344 g/mol. The Kier molecular flexibility index (Phi) is 6.99. The molecule has 14 heavy (non-hydrogen) atoms. The van der Waals surface area contributed by atoms with Crippen LogP contribution in [-0.2, 0) is 0 Å². The lowest BCUT2D eigenvalue weighted by Gasteiger charge is -2.11. The fourth-order valence-corrected chi connectivity index (χ4v) is 2.46. The molecule has 1 rings (SSSR count). The molecule has 80 valence electrons. The minimum absolute atomic E-state index is 0. The minimum Gasteiger partial charge on any atom is -0.330 e. The third-order valence-corrected chi connectivity index (χ3v) is 2.71. The van der Waals surface area contributed by atoms with Gasteiger partial charge in [-0.1, -0.05) is 31.9 Å². The highest BCUT2D eigenvalue weighted by Gasteiger charge is 2.06. The maximum absolute atomic E-state index is 5.92. The van der Waals surface area contributed by atoms with E-state index in [2.05, 4.69) is 31.9 Å². The summed E-state index contributed by atoms with van der Waals surface area (Å²) < 4.78 is 2.06. The van der Waals surface area contributed by atoms with E-state index in [4.69, 9.17) is 11.5 Å². The predicted octanol–water partition coefficient (Wildman–Crippen LogP) is 2.98. The lowest BCUT2D eigenvalue weighted by atomic mass is 10.1. The van der Waals surface area contributed by atoms with Crippen LogP contribution in [0.15, 0.2) is 27.1 Å². The zero-order valence-electron chi connectivity index (χ0n) is 7.54. The predicted molar refractivity (Wildman–Crippen MR) is 69.7 cm³/mol. The summed E-state index contributed by atoms with van der Waals surface area (Å²) in [6.07, 6.45) is 0.808. The van der Waals surface area contributed by atoms with E-state index in [1.54, 1.807) is 0 Å². The number of rotatable bonds is 3. The Hall–Kier alpha value is 0.390. The van der Waals surface area contributed by atoms with Gasteiger partial charge in [-0.05, 0) is 36.7 Å². The SMILES string of the molecule is Cl.NCC[C@@H](N)c1cc(Br)cc(Br)c1. The van der Waals surface area contributed by atoms with Crippen molar-refractivity contribution in [1.82, 2.24) is 0 Å². The first-order valence-electron chi connectivity index (χ1n) is 4.05. The van der Waals surface area contributed by atoms with Crippen LogP contribution in [-0.4, -0.2) is 6.54 Å². The van der Waals surface area contributed by atoms with E-state index in [0.717, 1.165) is 20.9 Å². The Balaban J connectivity index is 0.00000169. The van der Waals surface area contributed by atoms with Crippen molar-refractivity contribution in [3.63, 3.8) is 0 Å². The van der Waals surface area contributed by atoms with Gasteiger partial charge in [0.05, 0.1) is 0 Å². The standard InChI is InChI=1S/C9H12Br2N2.ClH/c10-7-3-6(4-8(11)5-7)9(13)1-2-12;/h3-5,9H,1-2,12-13H2;1H/t9-;/m1./s1. The summed E-state index contributed by atoms with van der Waals surface area (Å²) in [6.45, 7) is 0.616. The van der Waals surface area contributed by atoms with Gasteiger partial charge in [-0.3, -0.25) is 0 Å². The number of nitrogens with two attached hydrogens (primary N) is 2. The van der Waals surface area contributed by atoms with Gasteiger partial charge in [-0.15, -0.1) is 12.4 Å². The van der Waals surface area contributed by atoms with Gasteiger partial charge < -0.3 is 11.5 Å². The second kappa shape index (κ2) is 6.80. The van der Waals surface area contributed by atoms with Gasteiger partial charge in [0, 0.05) is 15.0 Å². The maximum Gasteiger partial charge on any atom is 0.0307 e. The smallest absolute Gasteiger partial charge is 0.0307 e. The van der Waals surface area contributed by atoms with Crippen LogP contribution in [0.25, 0.3) is 0 Å². The molecule has 0 aliphatic heterocycles. The largest absolute Gasteiger partial charge is 0.330 e. The van der Waals surface area contributed by atoms with E-state index in [9.17, 15) is 0 Å². The molecule has 0 saturated carbocycles. The minimum atomic E-state index is 0. The van der Waals surface area contributed by atoms with Crippen molar-refractivity contribution >= 4 is 44.3 Å². The molecule has 0 radical (unpaired) electrons. The van der Waals surface area contributed by atoms with Crippen molar-refractivity contribution in [3.8, 4) is 0 Å². The molecule has 0 spiro atoms. The summed E-state index contributed by atoms with van der Waals surface area (Å²) in [5.41, 5.74) is 12.5. The molecule has 0 heterocycles. The highest BCUT2D eigenvalue weighted by molar-refractivity contribution is 9.11. The normalized spacial score (nSPS) is 12.0. The highest BCUT2D eigenvalue weighted by atomic mass is 79.9. The molecule has 0 aliphatic rings. The molecular weight excluding hydrogens is 331 g/mol. The van der Waals surface area contributed by atoms with Crippen molar-refractivity contribution < 1.29 is 0 Å². The van der Waals surface area contributed by atoms with Gasteiger partial charge >= 0.3 is 0 Å². The molecule has 0 aliphatic carbocycles. The van der Waals surface area contributed by atoms with Crippen molar-refractivity contribution in [2.24, 2.45) is 11.5 Å². The third-order valence-electron chi connectivity index (χ3n) is 1.79. The van der Waals surface area contributed by atoms with Gasteiger partial charge in [-0.2, -0.15) is 0 Å². The summed E-state index contributed by atoms with van der Waals surface area (Å²) in [6, 6.07) is 6.05. The van der Waals surface area contributed by atoms with Gasteiger partial charge in [0.1, 0.15) is 0 Å². The lowest BCUT2D eigenvalue weighted by molar-refractivity contribution is 0.661. The number of halogens is 3. The molecule has 0 fully saturated rings. The summed E-state index contributed by atoms with van der Waals surface area (Å²) in [7, 11) is 0. The fraction of sp³-hybridized carbons (Fsp3) is 0.333. The highest BCUT2D eigenvalue weighted by Crippen LogP contribution is 2.24. The molecule has 0 aromatic heterocycles. The first-order chi connectivity index (χ1) is 6.13. The average Bonchev–Trinajstić information content (AvgIpc) is 2.03. The molecule has 1 aromatic rings. The summed E-state index contributed by atoms with van der Waals surface area (Å²) in [4.78, 5) is 0. The fourth-order valence-electron chi connectivity index (χ4n) is 1.14. The van der Waals surface area contributed by atoms with E-state index >= 15 is 0 Å². The van der Waals surface area contributed by atoms with Crippen LogP contribution in [0.2, 0.25) is 0 Å². The second-order valence-electron chi connectivity index (χ2n) is 2.89. The molecule has 0 unspecified atom stereocenters. The first-order valence-corrected chi connectivity index (χ1v) is 5.63. The van der Waals surface area contributed by atoms with E-state index in [0.29, 0.717) is 6.54 Å².